The molecule has 84 valence electrons. The van der Waals surface area contributed by atoms with E-state index >= 15 is 0 Å². The van der Waals surface area contributed by atoms with Crippen LogP contribution < -0.4 is 0 Å². The van der Waals surface area contributed by atoms with Gasteiger partial charge in [-0.05, 0) is 18.2 Å². The minimum absolute atomic E-state index is 0.117. The highest BCUT2D eigenvalue weighted by Crippen LogP contribution is 2.25. The second-order valence-electron chi connectivity index (χ2n) is 3.20. The Bertz CT molecular complexity index is 464. The van der Waals surface area contributed by atoms with Crippen LogP contribution in [0.1, 0.15) is 10.4 Å². The van der Waals surface area contributed by atoms with Crippen molar-refractivity contribution < 1.29 is 4.79 Å². The highest BCUT2D eigenvalue weighted by molar-refractivity contribution is 8.23. The zero-order valence-electron chi connectivity index (χ0n) is 8.07. The summed E-state index contributed by atoms with van der Waals surface area (Å²) < 4.78 is 0.621. The SMILES string of the molecule is O=C(c1ccc(Cl)c(Cl)c1)N1CCSC1=S. The predicted molar refractivity (Wildman–Crippen MR) is 72.6 cm³/mol. The van der Waals surface area contributed by atoms with Crippen LogP contribution in [-0.2, 0) is 0 Å². The Morgan fingerprint density at radius 2 is 2.12 bits per heavy atom. The van der Waals surface area contributed by atoms with Gasteiger partial charge in [-0.2, -0.15) is 0 Å². The van der Waals surface area contributed by atoms with Crippen molar-refractivity contribution in [2.75, 3.05) is 12.3 Å². The molecule has 0 bridgehead atoms. The van der Waals surface area contributed by atoms with Gasteiger partial charge in [-0.25, -0.2) is 0 Å². The lowest BCUT2D eigenvalue weighted by Crippen LogP contribution is -2.30. The second kappa shape index (κ2) is 4.92. The van der Waals surface area contributed by atoms with Crippen molar-refractivity contribution in [3.63, 3.8) is 0 Å². The molecule has 1 aliphatic heterocycles. The van der Waals surface area contributed by atoms with E-state index in [4.69, 9.17) is 35.4 Å². The molecular weight excluding hydrogens is 285 g/mol. The molecule has 1 aliphatic rings. The van der Waals surface area contributed by atoms with Gasteiger partial charge in [-0.3, -0.25) is 9.69 Å². The average molecular weight is 292 g/mol. The number of amides is 1. The van der Waals surface area contributed by atoms with Gasteiger partial charge in [0.1, 0.15) is 4.32 Å². The predicted octanol–water partition coefficient (Wildman–Crippen LogP) is 3.47. The fourth-order valence-electron chi connectivity index (χ4n) is 1.36. The van der Waals surface area contributed by atoms with E-state index in [9.17, 15) is 4.79 Å². The normalized spacial score (nSPS) is 15.6. The van der Waals surface area contributed by atoms with Crippen molar-refractivity contribution in [1.29, 1.82) is 0 Å². The summed E-state index contributed by atoms with van der Waals surface area (Å²) in [6, 6.07) is 4.84. The third-order valence-corrected chi connectivity index (χ3v) is 4.34. The van der Waals surface area contributed by atoms with Crippen molar-refractivity contribution in [2.45, 2.75) is 0 Å². The summed E-state index contributed by atoms with van der Waals surface area (Å²) in [6.45, 7) is 0.655. The molecule has 1 fully saturated rings. The maximum atomic E-state index is 12.0. The van der Waals surface area contributed by atoms with Crippen LogP contribution in [0.3, 0.4) is 0 Å². The second-order valence-corrected chi connectivity index (χ2v) is 5.74. The van der Waals surface area contributed by atoms with Crippen molar-refractivity contribution >= 4 is 57.4 Å². The lowest BCUT2D eigenvalue weighted by atomic mass is 10.2. The van der Waals surface area contributed by atoms with Crippen LogP contribution >= 0.6 is 47.2 Å². The highest BCUT2D eigenvalue weighted by Gasteiger charge is 2.25. The first-order chi connectivity index (χ1) is 7.59. The Balaban J connectivity index is 2.27. The lowest BCUT2D eigenvalue weighted by molar-refractivity contribution is 0.0861. The number of nitrogens with zero attached hydrogens (tertiary/aromatic N) is 1. The van der Waals surface area contributed by atoms with Gasteiger partial charge in [-0.1, -0.05) is 47.2 Å². The molecule has 1 amide bonds. The smallest absolute Gasteiger partial charge is 0.259 e. The first-order valence-corrected chi connectivity index (χ1v) is 6.68. The summed E-state index contributed by atoms with van der Waals surface area (Å²) in [5.41, 5.74) is 0.513. The van der Waals surface area contributed by atoms with E-state index in [1.165, 1.54) is 11.8 Å². The number of benzene rings is 1. The van der Waals surface area contributed by atoms with E-state index in [2.05, 4.69) is 0 Å². The van der Waals surface area contributed by atoms with E-state index in [1.807, 2.05) is 0 Å². The molecule has 0 saturated carbocycles. The van der Waals surface area contributed by atoms with Gasteiger partial charge in [0.2, 0.25) is 0 Å². The first kappa shape index (κ1) is 12.2. The van der Waals surface area contributed by atoms with E-state index in [-0.39, 0.29) is 5.91 Å². The lowest BCUT2D eigenvalue weighted by Gasteiger charge is -2.14. The Morgan fingerprint density at radius 3 is 2.69 bits per heavy atom. The molecule has 2 rings (SSSR count). The third-order valence-electron chi connectivity index (χ3n) is 2.17. The maximum Gasteiger partial charge on any atom is 0.259 e. The van der Waals surface area contributed by atoms with Gasteiger partial charge in [0.25, 0.3) is 5.91 Å². The van der Waals surface area contributed by atoms with Gasteiger partial charge in [0.05, 0.1) is 10.0 Å². The number of thiocarbonyl (C=S) groups is 1. The van der Waals surface area contributed by atoms with Crippen LogP contribution in [0.15, 0.2) is 18.2 Å². The molecular formula is C10H7Cl2NOS2. The van der Waals surface area contributed by atoms with Crippen molar-refractivity contribution in [3.05, 3.63) is 33.8 Å². The topological polar surface area (TPSA) is 20.3 Å². The van der Waals surface area contributed by atoms with Crippen LogP contribution in [0.5, 0.6) is 0 Å². The number of carbonyl (C=O) groups is 1. The van der Waals surface area contributed by atoms with Crippen LogP contribution in [0.4, 0.5) is 0 Å². The quantitative estimate of drug-likeness (QED) is 0.739. The number of hydrogen-bond donors (Lipinski definition) is 0. The Morgan fingerprint density at radius 1 is 1.38 bits per heavy atom. The Labute approximate surface area is 113 Å². The number of carbonyl (C=O) groups excluding carboxylic acids is 1. The van der Waals surface area contributed by atoms with Gasteiger partial charge in [-0.15, -0.1) is 0 Å². The minimum atomic E-state index is -0.117. The summed E-state index contributed by atoms with van der Waals surface area (Å²) in [5.74, 6) is 0.736. The summed E-state index contributed by atoms with van der Waals surface area (Å²) in [4.78, 5) is 13.6. The molecule has 1 aromatic carbocycles. The zero-order valence-corrected chi connectivity index (χ0v) is 11.2. The fraction of sp³-hybridized carbons (Fsp3) is 0.200. The van der Waals surface area contributed by atoms with Gasteiger partial charge in [0, 0.05) is 17.9 Å². The van der Waals surface area contributed by atoms with Crippen molar-refractivity contribution in [2.24, 2.45) is 0 Å². The standard InChI is InChI=1S/C10H7Cl2NOS2/c11-7-2-1-6(5-8(7)12)9(14)13-3-4-16-10(13)15/h1-2,5H,3-4H2. The first-order valence-electron chi connectivity index (χ1n) is 4.53. The van der Waals surface area contributed by atoms with Gasteiger partial charge in [0.15, 0.2) is 0 Å². The molecule has 0 spiro atoms. The van der Waals surface area contributed by atoms with Gasteiger partial charge < -0.3 is 0 Å². The summed E-state index contributed by atoms with van der Waals surface area (Å²) in [7, 11) is 0. The molecule has 1 saturated heterocycles. The Hall–Kier alpha value is -0.290. The van der Waals surface area contributed by atoms with E-state index in [0.29, 0.717) is 26.5 Å². The summed E-state index contributed by atoms with van der Waals surface area (Å²) in [5, 5.41) is 0.821. The molecule has 0 aliphatic carbocycles. The molecule has 1 aromatic rings. The molecule has 6 heteroatoms. The maximum absolute atomic E-state index is 12.0. The van der Waals surface area contributed by atoms with E-state index in [0.717, 1.165) is 5.75 Å². The molecule has 1 heterocycles. The summed E-state index contributed by atoms with van der Waals surface area (Å²) >= 11 is 18.2. The zero-order chi connectivity index (χ0) is 11.7. The molecule has 0 radical (unpaired) electrons. The molecule has 0 aromatic heterocycles. The number of rotatable bonds is 1. The molecule has 0 N–H and O–H groups in total. The molecule has 16 heavy (non-hydrogen) atoms. The van der Waals surface area contributed by atoms with Crippen LogP contribution in [-0.4, -0.2) is 27.4 Å². The van der Waals surface area contributed by atoms with Crippen LogP contribution in [0, 0.1) is 0 Å². The Kier molecular flexibility index (Phi) is 3.74. The largest absolute Gasteiger partial charge is 0.293 e. The number of halogens is 2. The van der Waals surface area contributed by atoms with Crippen molar-refractivity contribution in [3.8, 4) is 0 Å². The monoisotopic (exact) mass is 291 g/mol. The molecule has 0 atom stereocenters. The molecule has 2 nitrogen and oxygen atoms in total. The third kappa shape index (κ3) is 2.35. The van der Waals surface area contributed by atoms with Crippen molar-refractivity contribution in [1.82, 2.24) is 4.90 Å². The fourth-order valence-corrected chi connectivity index (χ4v) is 2.86. The number of hydrogen-bond acceptors (Lipinski definition) is 3. The van der Waals surface area contributed by atoms with E-state index in [1.54, 1.807) is 23.1 Å². The molecule has 0 unspecified atom stereocenters. The number of thioether (sulfide) groups is 1. The summed E-state index contributed by atoms with van der Waals surface area (Å²) in [6.07, 6.45) is 0. The minimum Gasteiger partial charge on any atom is -0.293 e. The van der Waals surface area contributed by atoms with E-state index < -0.39 is 0 Å². The highest BCUT2D eigenvalue weighted by atomic mass is 35.5. The van der Waals surface area contributed by atoms with Crippen LogP contribution in [0.25, 0.3) is 0 Å². The van der Waals surface area contributed by atoms with Gasteiger partial charge >= 0.3 is 0 Å². The average Bonchev–Trinajstić information content (AvgIpc) is 2.67. The van der Waals surface area contributed by atoms with Crippen LogP contribution in [0.2, 0.25) is 10.0 Å².